The Labute approximate surface area is 126 Å². The van der Waals surface area contributed by atoms with Crippen LogP contribution in [0.1, 0.15) is 23.6 Å². The van der Waals surface area contributed by atoms with E-state index in [2.05, 4.69) is 30.4 Å². The normalized spacial score (nSPS) is 12.1. The van der Waals surface area contributed by atoms with Crippen LogP contribution in [-0.2, 0) is 13.2 Å². The molecule has 0 fully saturated rings. The maximum absolute atomic E-state index is 9.28. The Kier molecular flexibility index (Phi) is 5.78. The molecule has 0 bridgehead atoms. The summed E-state index contributed by atoms with van der Waals surface area (Å²) in [5.74, 6) is 0.886. The minimum absolute atomic E-state index is 0.342. The third kappa shape index (κ3) is 5.21. The molecule has 2 aromatic carbocycles. The molecule has 2 rings (SSSR count). The van der Waals surface area contributed by atoms with Gasteiger partial charge in [0.1, 0.15) is 12.4 Å². The van der Waals surface area contributed by atoms with E-state index >= 15 is 0 Å². The molecule has 21 heavy (non-hydrogen) atoms. The third-order valence-electron chi connectivity index (χ3n) is 3.20. The number of aryl methyl sites for hydroxylation is 1. The molecule has 1 atom stereocenters. The van der Waals surface area contributed by atoms with Crippen LogP contribution in [0.3, 0.4) is 0 Å². The van der Waals surface area contributed by atoms with Gasteiger partial charge in [-0.05, 0) is 25.5 Å². The van der Waals surface area contributed by atoms with Crippen LogP contribution in [0.2, 0.25) is 0 Å². The summed E-state index contributed by atoms with van der Waals surface area (Å²) < 4.78 is 5.93. The molecule has 3 heteroatoms. The van der Waals surface area contributed by atoms with Crippen molar-refractivity contribution in [2.75, 3.05) is 6.54 Å². The maximum Gasteiger partial charge on any atom is 0.124 e. The van der Waals surface area contributed by atoms with Crippen molar-refractivity contribution in [1.82, 2.24) is 5.32 Å². The zero-order chi connectivity index (χ0) is 15.1. The highest BCUT2D eigenvalue weighted by atomic mass is 16.5. The monoisotopic (exact) mass is 285 g/mol. The summed E-state index contributed by atoms with van der Waals surface area (Å²) in [5.41, 5.74) is 3.51. The van der Waals surface area contributed by atoms with Crippen molar-refractivity contribution in [3.63, 3.8) is 0 Å². The molecule has 0 aliphatic carbocycles. The van der Waals surface area contributed by atoms with Gasteiger partial charge < -0.3 is 15.2 Å². The molecule has 0 heterocycles. The summed E-state index contributed by atoms with van der Waals surface area (Å²) in [7, 11) is 0. The summed E-state index contributed by atoms with van der Waals surface area (Å²) in [6.07, 6.45) is -0.342. The predicted octanol–water partition coefficient (Wildman–Crippen LogP) is 3.04. The van der Waals surface area contributed by atoms with Crippen LogP contribution < -0.4 is 10.1 Å². The second kappa shape index (κ2) is 7.81. The minimum atomic E-state index is -0.342. The zero-order valence-corrected chi connectivity index (χ0v) is 12.7. The zero-order valence-electron chi connectivity index (χ0n) is 12.7. The van der Waals surface area contributed by atoms with Gasteiger partial charge in [-0.2, -0.15) is 0 Å². The predicted molar refractivity (Wildman–Crippen MR) is 85.3 cm³/mol. The Hall–Kier alpha value is -1.84. The van der Waals surface area contributed by atoms with Gasteiger partial charge in [0.05, 0.1) is 6.10 Å². The van der Waals surface area contributed by atoms with Crippen molar-refractivity contribution in [2.45, 2.75) is 33.1 Å². The van der Waals surface area contributed by atoms with Crippen LogP contribution >= 0.6 is 0 Å². The molecule has 0 aliphatic rings. The van der Waals surface area contributed by atoms with E-state index in [0.717, 1.165) is 11.3 Å². The Morgan fingerprint density at radius 2 is 1.95 bits per heavy atom. The molecule has 0 saturated heterocycles. The van der Waals surface area contributed by atoms with Crippen LogP contribution in [-0.4, -0.2) is 17.8 Å². The standard InChI is InChI=1S/C18H23NO2/c1-14-6-5-7-16(10-14)13-21-18-9-4-3-8-17(18)12-19-11-15(2)20/h3-10,15,19-20H,11-13H2,1-2H3. The molecule has 0 aliphatic heterocycles. The number of rotatable bonds is 7. The summed E-state index contributed by atoms with van der Waals surface area (Å²) in [5, 5.41) is 12.5. The number of benzene rings is 2. The summed E-state index contributed by atoms with van der Waals surface area (Å²) in [4.78, 5) is 0. The Bertz CT molecular complexity index is 567. The first kappa shape index (κ1) is 15.5. The Morgan fingerprint density at radius 3 is 2.71 bits per heavy atom. The molecule has 0 aromatic heterocycles. The Morgan fingerprint density at radius 1 is 1.14 bits per heavy atom. The van der Waals surface area contributed by atoms with Crippen molar-refractivity contribution in [3.8, 4) is 5.75 Å². The van der Waals surface area contributed by atoms with Crippen LogP contribution in [0.15, 0.2) is 48.5 Å². The topological polar surface area (TPSA) is 41.5 Å². The van der Waals surface area contributed by atoms with Gasteiger partial charge in [-0.15, -0.1) is 0 Å². The second-order valence-electron chi connectivity index (χ2n) is 5.37. The molecule has 112 valence electrons. The number of nitrogens with one attached hydrogen (secondary N) is 1. The van der Waals surface area contributed by atoms with E-state index in [1.807, 2.05) is 30.3 Å². The molecule has 0 amide bonds. The average Bonchev–Trinajstić information content (AvgIpc) is 2.46. The van der Waals surface area contributed by atoms with E-state index in [1.54, 1.807) is 6.92 Å². The molecular formula is C18H23NO2. The van der Waals surface area contributed by atoms with Gasteiger partial charge in [0.2, 0.25) is 0 Å². The third-order valence-corrected chi connectivity index (χ3v) is 3.20. The van der Waals surface area contributed by atoms with Gasteiger partial charge in [-0.1, -0.05) is 48.0 Å². The van der Waals surface area contributed by atoms with Crippen molar-refractivity contribution in [2.24, 2.45) is 0 Å². The fraction of sp³-hybridized carbons (Fsp3) is 0.333. The fourth-order valence-electron chi connectivity index (χ4n) is 2.17. The Balaban J connectivity index is 1.96. The van der Waals surface area contributed by atoms with Crippen LogP contribution in [0.25, 0.3) is 0 Å². The highest BCUT2D eigenvalue weighted by molar-refractivity contribution is 5.33. The van der Waals surface area contributed by atoms with Gasteiger partial charge in [-0.3, -0.25) is 0 Å². The largest absolute Gasteiger partial charge is 0.489 e. The number of ether oxygens (including phenoxy) is 1. The van der Waals surface area contributed by atoms with Crippen molar-refractivity contribution in [1.29, 1.82) is 0 Å². The molecule has 2 N–H and O–H groups in total. The summed E-state index contributed by atoms with van der Waals surface area (Å²) >= 11 is 0. The molecular weight excluding hydrogens is 262 g/mol. The summed E-state index contributed by atoms with van der Waals surface area (Å²) in [6, 6.07) is 16.3. The number of para-hydroxylation sites is 1. The van der Waals surface area contributed by atoms with E-state index in [1.165, 1.54) is 11.1 Å². The summed E-state index contributed by atoms with van der Waals surface area (Å²) in [6.45, 7) is 5.68. The van der Waals surface area contributed by atoms with Gasteiger partial charge in [0, 0.05) is 18.7 Å². The highest BCUT2D eigenvalue weighted by Crippen LogP contribution is 2.19. The van der Waals surface area contributed by atoms with Gasteiger partial charge in [-0.25, -0.2) is 0 Å². The van der Waals surface area contributed by atoms with E-state index in [-0.39, 0.29) is 6.10 Å². The minimum Gasteiger partial charge on any atom is -0.489 e. The lowest BCUT2D eigenvalue weighted by Crippen LogP contribution is -2.24. The van der Waals surface area contributed by atoms with Gasteiger partial charge >= 0.3 is 0 Å². The van der Waals surface area contributed by atoms with E-state index in [4.69, 9.17) is 4.74 Å². The lowest BCUT2D eigenvalue weighted by molar-refractivity contribution is 0.190. The molecule has 2 aromatic rings. The molecule has 0 saturated carbocycles. The van der Waals surface area contributed by atoms with E-state index < -0.39 is 0 Å². The first-order valence-corrected chi connectivity index (χ1v) is 7.30. The molecule has 3 nitrogen and oxygen atoms in total. The number of hydrogen-bond acceptors (Lipinski definition) is 3. The number of aliphatic hydroxyl groups excluding tert-OH is 1. The fourth-order valence-corrected chi connectivity index (χ4v) is 2.17. The first-order chi connectivity index (χ1) is 10.1. The maximum atomic E-state index is 9.28. The van der Waals surface area contributed by atoms with Crippen LogP contribution in [0, 0.1) is 6.92 Å². The van der Waals surface area contributed by atoms with Crippen molar-refractivity contribution >= 4 is 0 Å². The van der Waals surface area contributed by atoms with Gasteiger partial charge in [0.15, 0.2) is 0 Å². The quantitative estimate of drug-likeness (QED) is 0.821. The molecule has 1 unspecified atom stereocenters. The lowest BCUT2D eigenvalue weighted by atomic mass is 10.1. The SMILES string of the molecule is Cc1cccc(COc2ccccc2CNCC(C)O)c1. The van der Waals surface area contributed by atoms with E-state index in [9.17, 15) is 5.11 Å². The number of hydrogen-bond donors (Lipinski definition) is 2. The van der Waals surface area contributed by atoms with Crippen molar-refractivity contribution < 1.29 is 9.84 Å². The van der Waals surface area contributed by atoms with Gasteiger partial charge in [0.25, 0.3) is 0 Å². The highest BCUT2D eigenvalue weighted by Gasteiger charge is 2.04. The second-order valence-corrected chi connectivity index (χ2v) is 5.37. The van der Waals surface area contributed by atoms with Crippen LogP contribution in [0.4, 0.5) is 0 Å². The smallest absolute Gasteiger partial charge is 0.124 e. The van der Waals surface area contributed by atoms with E-state index in [0.29, 0.717) is 19.7 Å². The lowest BCUT2D eigenvalue weighted by Gasteiger charge is -2.13. The van der Waals surface area contributed by atoms with Crippen molar-refractivity contribution in [3.05, 3.63) is 65.2 Å². The van der Waals surface area contributed by atoms with Crippen LogP contribution in [0.5, 0.6) is 5.75 Å². The first-order valence-electron chi connectivity index (χ1n) is 7.30. The average molecular weight is 285 g/mol. The molecule has 0 radical (unpaired) electrons. The number of aliphatic hydroxyl groups is 1. The molecule has 0 spiro atoms.